The van der Waals surface area contributed by atoms with Crippen molar-refractivity contribution in [2.24, 2.45) is 0 Å². The first-order valence-electron chi connectivity index (χ1n) is 5.51. The molecular weight excluding hydrogens is 369 g/mol. The summed E-state index contributed by atoms with van der Waals surface area (Å²) in [5, 5.41) is 19.0. The number of rotatable bonds is 3. The van der Waals surface area contributed by atoms with Crippen molar-refractivity contribution in [3.8, 4) is 0 Å². The summed E-state index contributed by atoms with van der Waals surface area (Å²) >= 11 is 1.94. The van der Waals surface area contributed by atoms with Gasteiger partial charge in [-0.05, 0) is 22.6 Å². The molecule has 8 nitrogen and oxygen atoms in total. The normalized spacial score (nSPS) is 30.7. The Morgan fingerprint density at radius 1 is 1.68 bits per heavy atom. The van der Waals surface area contributed by atoms with Crippen LogP contribution in [0, 0.1) is 3.57 Å². The fourth-order valence-corrected chi connectivity index (χ4v) is 2.41. The van der Waals surface area contributed by atoms with Crippen LogP contribution in [0.2, 0.25) is 0 Å². The minimum atomic E-state index is -1.03. The molecule has 4 N–H and O–H groups in total. The Bertz CT molecular complexity index is 522. The highest BCUT2D eigenvalue weighted by atomic mass is 127. The van der Waals surface area contributed by atoms with Gasteiger partial charge in [0.15, 0.2) is 6.23 Å². The van der Waals surface area contributed by atoms with Crippen LogP contribution in [-0.2, 0) is 9.47 Å². The first kappa shape index (κ1) is 14.7. The molecule has 0 saturated carbocycles. The molecule has 0 radical (unpaired) electrons. The van der Waals surface area contributed by atoms with Gasteiger partial charge in [-0.1, -0.05) is 0 Å². The Hall–Kier alpha value is -0.750. The van der Waals surface area contributed by atoms with E-state index in [9.17, 15) is 9.90 Å². The predicted octanol–water partition coefficient (Wildman–Crippen LogP) is -1.30. The Kier molecular flexibility index (Phi) is 4.40. The summed E-state index contributed by atoms with van der Waals surface area (Å²) in [7, 11) is 1.39. The first-order chi connectivity index (χ1) is 8.99. The van der Waals surface area contributed by atoms with Gasteiger partial charge in [-0.15, -0.1) is 0 Å². The highest BCUT2D eigenvalue weighted by molar-refractivity contribution is 14.1. The molecule has 106 valence electrons. The molecule has 0 spiro atoms. The van der Waals surface area contributed by atoms with Gasteiger partial charge in [-0.2, -0.15) is 4.98 Å². The summed E-state index contributed by atoms with van der Waals surface area (Å²) < 4.78 is 12.4. The zero-order valence-corrected chi connectivity index (χ0v) is 12.2. The Labute approximate surface area is 122 Å². The zero-order valence-electron chi connectivity index (χ0n) is 10.1. The van der Waals surface area contributed by atoms with E-state index in [4.69, 9.17) is 20.3 Å². The number of aliphatic hydroxyl groups excluding tert-OH is 2. The molecule has 2 heterocycles. The second-order valence-corrected chi connectivity index (χ2v) is 5.26. The lowest BCUT2D eigenvalue weighted by molar-refractivity contribution is -0.0625. The number of ether oxygens (including phenoxy) is 2. The molecule has 4 atom stereocenters. The van der Waals surface area contributed by atoms with Crippen molar-refractivity contribution in [1.82, 2.24) is 9.55 Å². The highest BCUT2D eigenvalue weighted by Crippen LogP contribution is 2.30. The maximum absolute atomic E-state index is 11.8. The zero-order chi connectivity index (χ0) is 14.2. The smallest absolute Gasteiger partial charge is 0.351 e. The monoisotopic (exact) mass is 383 g/mol. The number of anilines is 1. The van der Waals surface area contributed by atoms with Crippen LogP contribution in [0.5, 0.6) is 0 Å². The van der Waals surface area contributed by atoms with E-state index in [1.165, 1.54) is 17.9 Å². The van der Waals surface area contributed by atoms with Crippen LogP contribution >= 0.6 is 22.6 Å². The average molecular weight is 383 g/mol. The minimum absolute atomic E-state index is 0.132. The largest absolute Gasteiger partial charge is 0.394 e. The van der Waals surface area contributed by atoms with E-state index >= 15 is 0 Å². The number of aliphatic hydroxyl groups is 2. The molecule has 0 amide bonds. The van der Waals surface area contributed by atoms with Gasteiger partial charge in [0.2, 0.25) is 0 Å². The van der Waals surface area contributed by atoms with E-state index in [2.05, 4.69) is 4.98 Å². The first-order valence-corrected chi connectivity index (χ1v) is 6.58. The number of nitrogens with two attached hydrogens (primary N) is 1. The second kappa shape index (κ2) is 5.71. The van der Waals surface area contributed by atoms with Gasteiger partial charge in [0, 0.05) is 13.3 Å². The lowest BCUT2D eigenvalue weighted by Gasteiger charge is -2.20. The lowest BCUT2D eigenvalue weighted by Crippen LogP contribution is -2.37. The summed E-state index contributed by atoms with van der Waals surface area (Å²) in [5.74, 6) is 0.132. The number of halogens is 1. The van der Waals surface area contributed by atoms with Crippen LogP contribution in [-0.4, -0.2) is 51.8 Å². The molecule has 1 fully saturated rings. The van der Waals surface area contributed by atoms with Gasteiger partial charge in [-0.3, -0.25) is 4.57 Å². The van der Waals surface area contributed by atoms with E-state index in [1.54, 1.807) is 0 Å². The van der Waals surface area contributed by atoms with Crippen LogP contribution in [0.3, 0.4) is 0 Å². The third-order valence-corrected chi connectivity index (χ3v) is 3.80. The topological polar surface area (TPSA) is 120 Å². The molecule has 9 heteroatoms. The second-order valence-electron chi connectivity index (χ2n) is 4.10. The van der Waals surface area contributed by atoms with Gasteiger partial charge >= 0.3 is 5.69 Å². The quantitative estimate of drug-likeness (QED) is 0.555. The molecule has 1 unspecified atom stereocenters. The van der Waals surface area contributed by atoms with Gasteiger partial charge < -0.3 is 25.4 Å². The summed E-state index contributed by atoms with van der Waals surface area (Å²) in [5.41, 5.74) is 4.94. The standard InChI is InChI=1S/C10H14IN3O5/c1-18-7-6(16)5(3-15)19-9(7)14-2-4(11)8(12)13-10(14)17/h2,5-7,9,15-16H,3H2,1H3,(H2,12,13,17)/t5-,6+,7?,9-/m1/s1. The molecule has 2 rings (SSSR count). The third-order valence-electron chi connectivity index (χ3n) is 2.97. The van der Waals surface area contributed by atoms with E-state index in [0.29, 0.717) is 3.57 Å². The molecule has 0 bridgehead atoms. The number of hydrogen-bond donors (Lipinski definition) is 3. The van der Waals surface area contributed by atoms with Crippen molar-refractivity contribution in [3.05, 3.63) is 20.3 Å². The summed E-state index contributed by atoms with van der Waals surface area (Å²) in [6.07, 6.45) is -1.98. The Morgan fingerprint density at radius 2 is 2.37 bits per heavy atom. The number of nitrogen functional groups attached to an aromatic ring is 1. The number of aromatic nitrogens is 2. The van der Waals surface area contributed by atoms with Crippen molar-refractivity contribution in [2.75, 3.05) is 19.5 Å². The average Bonchev–Trinajstić information content (AvgIpc) is 2.70. The van der Waals surface area contributed by atoms with E-state index in [-0.39, 0.29) is 12.4 Å². The number of methoxy groups -OCH3 is 1. The third kappa shape index (κ3) is 2.60. The molecule has 1 aromatic rings. The summed E-state index contributed by atoms with van der Waals surface area (Å²) in [4.78, 5) is 15.5. The summed E-state index contributed by atoms with van der Waals surface area (Å²) in [6.45, 7) is -0.369. The number of nitrogens with zero attached hydrogens (tertiary/aromatic N) is 2. The maximum atomic E-state index is 11.8. The molecule has 0 aromatic carbocycles. The molecule has 0 aliphatic carbocycles. The van der Waals surface area contributed by atoms with Crippen LogP contribution < -0.4 is 11.4 Å². The summed E-state index contributed by atoms with van der Waals surface area (Å²) in [6, 6.07) is 0. The fraction of sp³-hybridized carbons (Fsp3) is 0.600. The fourth-order valence-electron chi connectivity index (χ4n) is 1.99. The molecule has 1 aromatic heterocycles. The van der Waals surface area contributed by atoms with Crippen molar-refractivity contribution >= 4 is 28.4 Å². The van der Waals surface area contributed by atoms with Gasteiger partial charge in [0.25, 0.3) is 0 Å². The van der Waals surface area contributed by atoms with Crippen molar-refractivity contribution < 1.29 is 19.7 Å². The lowest BCUT2D eigenvalue weighted by atomic mass is 10.1. The predicted molar refractivity (Wildman–Crippen MR) is 73.4 cm³/mol. The van der Waals surface area contributed by atoms with Crippen molar-refractivity contribution in [1.29, 1.82) is 0 Å². The van der Waals surface area contributed by atoms with Gasteiger partial charge in [0.05, 0.1) is 10.2 Å². The van der Waals surface area contributed by atoms with Crippen molar-refractivity contribution in [2.45, 2.75) is 24.5 Å². The van der Waals surface area contributed by atoms with Crippen LogP contribution in [0.25, 0.3) is 0 Å². The SMILES string of the molecule is COC1[C@@H](O)[C@@H](CO)O[C@H]1n1cc(I)c(N)nc1=O. The molecule has 1 saturated heterocycles. The van der Waals surface area contributed by atoms with E-state index in [1.807, 2.05) is 22.6 Å². The molecule has 1 aliphatic heterocycles. The van der Waals surface area contributed by atoms with Gasteiger partial charge in [-0.25, -0.2) is 4.79 Å². The van der Waals surface area contributed by atoms with E-state index in [0.717, 1.165) is 0 Å². The van der Waals surface area contributed by atoms with Crippen molar-refractivity contribution in [3.63, 3.8) is 0 Å². The molecular formula is C10H14IN3O5. The highest BCUT2D eigenvalue weighted by Gasteiger charge is 2.45. The Morgan fingerprint density at radius 3 is 2.95 bits per heavy atom. The Balaban J connectivity index is 2.41. The van der Waals surface area contributed by atoms with Crippen LogP contribution in [0.4, 0.5) is 5.82 Å². The van der Waals surface area contributed by atoms with Gasteiger partial charge in [0.1, 0.15) is 24.1 Å². The maximum Gasteiger partial charge on any atom is 0.351 e. The van der Waals surface area contributed by atoms with Crippen LogP contribution in [0.15, 0.2) is 11.0 Å². The van der Waals surface area contributed by atoms with E-state index < -0.39 is 30.2 Å². The minimum Gasteiger partial charge on any atom is -0.394 e. The number of hydrogen-bond acceptors (Lipinski definition) is 7. The molecule has 1 aliphatic rings. The molecule has 19 heavy (non-hydrogen) atoms. The van der Waals surface area contributed by atoms with Crippen LogP contribution in [0.1, 0.15) is 6.23 Å².